The predicted molar refractivity (Wildman–Crippen MR) is 80.8 cm³/mol. The van der Waals surface area contributed by atoms with Crippen molar-refractivity contribution in [3.8, 4) is 0 Å². The first kappa shape index (κ1) is 16.7. The minimum Gasteiger partial charge on any atom is -0.350 e. The third-order valence-electron chi connectivity index (χ3n) is 2.58. The fraction of sp³-hybridized carbons (Fsp3) is 0.417. The van der Waals surface area contributed by atoms with Gasteiger partial charge in [-0.15, -0.1) is 0 Å². The summed E-state index contributed by atoms with van der Waals surface area (Å²) in [6.45, 7) is 2.33. The van der Waals surface area contributed by atoms with Crippen LogP contribution in [-0.4, -0.2) is 40.2 Å². The smallest absolute Gasteiger partial charge is 0.253 e. The number of anilines is 1. The standard InChI is InChI=1S/C12H18ClN3O3S/c1-8(14-2)7-15-12(17)10-6-9(13)4-5-11(10)16-20(3,18)19/h4-6,8,14,16H,7H2,1-3H3,(H,15,17). The van der Waals surface area contributed by atoms with E-state index >= 15 is 0 Å². The van der Waals surface area contributed by atoms with Gasteiger partial charge < -0.3 is 10.6 Å². The molecule has 1 aromatic rings. The van der Waals surface area contributed by atoms with Gasteiger partial charge in [-0.1, -0.05) is 11.6 Å². The summed E-state index contributed by atoms with van der Waals surface area (Å²) in [5, 5.41) is 6.05. The van der Waals surface area contributed by atoms with Crippen LogP contribution in [0.1, 0.15) is 17.3 Å². The summed E-state index contributed by atoms with van der Waals surface area (Å²) in [4.78, 5) is 12.1. The molecular formula is C12H18ClN3O3S. The molecule has 0 aliphatic carbocycles. The number of likely N-dealkylation sites (N-methyl/N-ethyl adjacent to an activating group) is 1. The zero-order valence-corrected chi connectivity index (χ0v) is 13.1. The molecule has 0 heterocycles. The molecule has 8 heteroatoms. The summed E-state index contributed by atoms with van der Waals surface area (Å²) < 4.78 is 24.9. The lowest BCUT2D eigenvalue weighted by Crippen LogP contribution is -2.37. The molecule has 3 N–H and O–H groups in total. The van der Waals surface area contributed by atoms with Crippen molar-refractivity contribution in [3.63, 3.8) is 0 Å². The van der Waals surface area contributed by atoms with Gasteiger partial charge in [0.05, 0.1) is 17.5 Å². The number of amides is 1. The van der Waals surface area contributed by atoms with Crippen molar-refractivity contribution in [1.29, 1.82) is 0 Å². The van der Waals surface area contributed by atoms with Crippen molar-refractivity contribution in [2.45, 2.75) is 13.0 Å². The second-order valence-corrected chi connectivity index (χ2v) is 6.65. The molecule has 0 aromatic heterocycles. The third-order valence-corrected chi connectivity index (χ3v) is 3.41. The van der Waals surface area contributed by atoms with Gasteiger partial charge in [0.1, 0.15) is 0 Å². The molecule has 0 aliphatic rings. The molecule has 112 valence electrons. The van der Waals surface area contributed by atoms with E-state index in [-0.39, 0.29) is 23.2 Å². The quantitative estimate of drug-likeness (QED) is 0.731. The summed E-state index contributed by atoms with van der Waals surface area (Å²) in [5.74, 6) is -0.388. The lowest BCUT2D eigenvalue weighted by atomic mass is 10.1. The van der Waals surface area contributed by atoms with Crippen molar-refractivity contribution in [1.82, 2.24) is 10.6 Å². The monoisotopic (exact) mass is 319 g/mol. The average molecular weight is 320 g/mol. The molecule has 6 nitrogen and oxygen atoms in total. The molecule has 0 radical (unpaired) electrons. The Morgan fingerprint density at radius 2 is 2.05 bits per heavy atom. The molecular weight excluding hydrogens is 302 g/mol. The van der Waals surface area contributed by atoms with Crippen molar-refractivity contribution >= 4 is 33.2 Å². The number of sulfonamides is 1. The first-order valence-electron chi connectivity index (χ1n) is 5.95. The number of carbonyl (C=O) groups is 1. The molecule has 1 amide bonds. The van der Waals surface area contributed by atoms with Crippen molar-refractivity contribution in [3.05, 3.63) is 28.8 Å². The van der Waals surface area contributed by atoms with E-state index in [1.807, 2.05) is 6.92 Å². The zero-order chi connectivity index (χ0) is 15.3. The maximum absolute atomic E-state index is 12.1. The molecule has 1 unspecified atom stereocenters. The highest BCUT2D eigenvalue weighted by Gasteiger charge is 2.15. The lowest BCUT2D eigenvalue weighted by molar-refractivity contribution is 0.0951. The van der Waals surface area contributed by atoms with Crippen LogP contribution in [-0.2, 0) is 10.0 Å². The summed E-state index contributed by atoms with van der Waals surface area (Å²) in [6.07, 6.45) is 1.02. The Morgan fingerprint density at radius 1 is 1.40 bits per heavy atom. The lowest BCUT2D eigenvalue weighted by Gasteiger charge is -2.14. The first-order chi connectivity index (χ1) is 9.23. The van der Waals surface area contributed by atoms with E-state index in [2.05, 4.69) is 15.4 Å². The van der Waals surface area contributed by atoms with E-state index in [1.165, 1.54) is 18.2 Å². The molecule has 1 aromatic carbocycles. The van der Waals surface area contributed by atoms with Gasteiger partial charge in [-0.25, -0.2) is 8.42 Å². The molecule has 0 saturated heterocycles. The van der Waals surface area contributed by atoms with Gasteiger partial charge in [-0.05, 0) is 32.2 Å². The summed E-state index contributed by atoms with van der Waals surface area (Å²) in [7, 11) is -1.68. The molecule has 0 saturated carbocycles. The Bertz CT molecular complexity index is 590. The minimum atomic E-state index is -3.47. The fourth-order valence-corrected chi connectivity index (χ4v) is 2.19. The predicted octanol–water partition coefficient (Wildman–Crippen LogP) is 1.05. The Labute approximate surface area is 123 Å². The van der Waals surface area contributed by atoms with E-state index in [0.717, 1.165) is 6.26 Å². The number of rotatable bonds is 6. The molecule has 0 fully saturated rings. The van der Waals surface area contributed by atoms with E-state index < -0.39 is 10.0 Å². The highest BCUT2D eigenvalue weighted by Crippen LogP contribution is 2.21. The van der Waals surface area contributed by atoms with Crippen LogP contribution >= 0.6 is 11.6 Å². The van der Waals surface area contributed by atoms with Crippen molar-refractivity contribution in [2.24, 2.45) is 0 Å². The van der Waals surface area contributed by atoms with Gasteiger partial charge in [0.25, 0.3) is 5.91 Å². The Morgan fingerprint density at radius 3 is 2.60 bits per heavy atom. The van der Waals surface area contributed by atoms with Crippen LogP contribution in [0.25, 0.3) is 0 Å². The van der Waals surface area contributed by atoms with Crippen LogP contribution in [0.15, 0.2) is 18.2 Å². The van der Waals surface area contributed by atoms with Gasteiger partial charge in [0, 0.05) is 17.6 Å². The highest BCUT2D eigenvalue weighted by molar-refractivity contribution is 7.92. The van der Waals surface area contributed by atoms with E-state index in [9.17, 15) is 13.2 Å². The van der Waals surface area contributed by atoms with Gasteiger partial charge in [-0.3, -0.25) is 9.52 Å². The zero-order valence-electron chi connectivity index (χ0n) is 11.5. The Kier molecular flexibility index (Phi) is 5.79. The third kappa shape index (κ3) is 5.36. The molecule has 20 heavy (non-hydrogen) atoms. The number of nitrogens with one attached hydrogen (secondary N) is 3. The van der Waals surface area contributed by atoms with Crippen molar-refractivity contribution < 1.29 is 13.2 Å². The second kappa shape index (κ2) is 6.92. The molecule has 0 spiro atoms. The fourth-order valence-electron chi connectivity index (χ4n) is 1.44. The van der Waals surface area contributed by atoms with Crippen LogP contribution < -0.4 is 15.4 Å². The Balaban J connectivity index is 2.97. The van der Waals surface area contributed by atoms with Crippen LogP contribution in [0.3, 0.4) is 0 Å². The SMILES string of the molecule is CNC(C)CNC(=O)c1cc(Cl)ccc1NS(C)(=O)=O. The van der Waals surface area contributed by atoms with Crippen molar-refractivity contribution in [2.75, 3.05) is 24.6 Å². The number of benzene rings is 1. The summed E-state index contributed by atoms with van der Waals surface area (Å²) in [6, 6.07) is 4.50. The van der Waals surface area contributed by atoms with Gasteiger partial charge >= 0.3 is 0 Å². The number of carbonyl (C=O) groups excluding carboxylic acids is 1. The maximum atomic E-state index is 12.1. The molecule has 0 bridgehead atoms. The van der Waals surface area contributed by atoms with Gasteiger partial charge in [-0.2, -0.15) is 0 Å². The van der Waals surface area contributed by atoms with E-state index in [0.29, 0.717) is 11.6 Å². The number of halogens is 1. The van der Waals surface area contributed by atoms with Crippen LogP contribution in [0.4, 0.5) is 5.69 Å². The van der Waals surface area contributed by atoms with E-state index in [1.54, 1.807) is 7.05 Å². The number of hydrogen-bond donors (Lipinski definition) is 3. The van der Waals surface area contributed by atoms with E-state index in [4.69, 9.17) is 11.6 Å². The molecule has 0 aliphatic heterocycles. The van der Waals surface area contributed by atoms with Gasteiger partial charge in [0.15, 0.2) is 0 Å². The van der Waals surface area contributed by atoms with Crippen LogP contribution in [0.5, 0.6) is 0 Å². The minimum absolute atomic E-state index is 0.101. The second-order valence-electron chi connectivity index (χ2n) is 4.46. The molecule has 1 atom stereocenters. The Hall–Kier alpha value is -1.31. The van der Waals surface area contributed by atoms with Crippen LogP contribution in [0.2, 0.25) is 5.02 Å². The maximum Gasteiger partial charge on any atom is 0.253 e. The summed E-state index contributed by atoms with van der Waals surface area (Å²) >= 11 is 5.85. The van der Waals surface area contributed by atoms with Crippen LogP contribution in [0, 0.1) is 0 Å². The topological polar surface area (TPSA) is 87.3 Å². The number of hydrogen-bond acceptors (Lipinski definition) is 4. The normalized spacial score (nSPS) is 12.8. The van der Waals surface area contributed by atoms with Gasteiger partial charge in [0.2, 0.25) is 10.0 Å². The molecule has 1 rings (SSSR count). The summed E-state index contributed by atoms with van der Waals surface area (Å²) in [5.41, 5.74) is 0.387. The highest BCUT2D eigenvalue weighted by atomic mass is 35.5. The first-order valence-corrected chi connectivity index (χ1v) is 8.22. The largest absolute Gasteiger partial charge is 0.350 e. The average Bonchev–Trinajstić information content (AvgIpc) is 2.36.